The summed E-state index contributed by atoms with van der Waals surface area (Å²) >= 11 is 0. The average Bonchev–Trinajstić information content (AvgIpc) is 2.43. The van der Waals surface area contributed by atoms with Crippen molar-refractivity contribution in [2.24, 2.45) is 0 Å². The SMILES string of the molecule is COC(=O)c1cccc(CS(=O)(=O)NC(CO)CO)c1. The Bertz CT molecular complexity index is 553. The molecule has 0 atom stereocenters. The zero-order valence-electron chi connectivity index (χ0n) is 10.9. The van der Waals surface area contributed by atoms with E-state index in [-0.39, 0.29) is 11.3 Å². The van der Waals surface area contributed by atoms with Gasteiger partial charge in [-0.05, 0) is 17.7 Å². The van der Waals surface area contributed by atoms with Gasteiger partial charge in [0.05, 0.1) is 37.7 Å². The maximum atomic E-state index is 11.8. The van der Waals surface area contributed by atoms with E-state index in [0.717, 1.165) is 0 Å². The number of esters is 1. The summed E-state index contributed by atoms with van der Waals surface area (Å²) in [6.45, 7) is -1.00. The van der Waals surface area contributed by atoms with Gasteiger partial charge in [0.25, 0.3) is 0 Å². The summed E-state index contributed by atoms with van der Waals surface area (Å²) in [6.07, 6.45) is 0. The van der Waals surface area contributed by atoms with Crippen molar-refractivity contribution in [1.82, 2.24) is 4.72 Å². The lowest BCUT2D eigenvalue weighted by Gasteiger charge is -2.13. The van der Waals surface area contributed by atoms with E-state index in [9.17, 15) is 13.2 Å². The maximum Gasteiger partial charge on any atom is 0.337 e. The monoisotopic (exact) mass is 303 g/mol. The minimum Gasteiger partial charge on any atom is -0.465 e. The second-order valence-corrected chi connectivity index (χ2v) is 5.88. The first-order valence-corrected chi connectivity index (χ1v) is 7.46. The highest BCUT2D eigenvalue weighted by Gasteiger charge is 2.18. The molecule has 0 unspecified atom stereocenters. The Labute approximate surface area is 117 Å². The predicted octanol–water partition coefficient (Wildman–Crippen LogP) is -0.754. The number of hydrogen-bond acceptors (Lipinski definition) is 6. The first kappa shape index (κ1) is 16.6. The van der Waals surface area contributed by atoms with Crippen LogP contribution in [0.3, 0.4) is 0 Å². The van der Waals surface area contributed by atoms with Gasteiger partial charge in [0.15, 0.2) is 0 Å². The molecule has 0 saturated heterocycles. The number of carbonyl (C=O) groups is 1. The van der Waals surface area contributed by atoms with Gasteiger partial charge in [-0.15, -0.1) is 0 Å². The van der Waals surface area contributed by atoms with Crippen LogP contribution in [-0.2, 0) is 20.5 Å². The molecule has 1 aromatic rings. The predicted molar refractivity (Wildman–Crippen MR) is 71.5 cm³/mol. The number of ether oxygens (including phenoxy) is 1. The number of nitrogens with one attached hydrogen (secondary N) is 1. The van der Waals surface area contributed by atoms with E-state index in [1.807, 2.05) is 0 Å². The average molecular weight is 303 g/mol. The van der Waals surface area contributed by atoms with Crippen LogP contribution >= 0.6 is 0 Å². The van der Waals surface area contributed by atoms with Crippen molar-refractivity contribution in [2.75, 3.05) is 20.3 Å². The molecule has 0 radical (unpaired) electrons. The Kier molecular flexibility index (Phi) is 6.08. The molecule has 3 N–H and O–H groups in total. The molecule has 0 aromatic heterocycles. The van der Waals surface area contributed by atoms with E-state index < -0.39 is 35.2 Å². The number of aliphatic hydroxyl groups is 2. The van der Waals surface area contributed by atoms with Gasteiger partial charge >= 0.3 is 5.97 Å². The number of sulfonamides is 1. The van der Waals surface area contributed by atoms with E-state index in [1.165, 1.54) is 19.2 Å². The van der Waals surface area contributed by atoms with Gasteiger partial charge < -0.3 is 14.9 Å². The second kappa shape index (κ2) is 7.34. The van der Waals surface area contributed by atoms with Crippen molar-refractivity contribution in [3.8, 4) is 0 Å². The highest BCUT2D eigenvalue weighted by molar-refractivity contribution is 7.88. The van der Waals surface area contributed by atoms with Crippen molar-refractivity contribution in [3.05, 3.63) is 35.4 Å². The Morgan fingerprint density at radius 1 is 1.35 bits per heavy atom. The van der Waals surface area contributed by atoms with Crippen LogP contribution in [0.25, 0.3) is 0 Å². The van der Waals surface area contributed by atoms with Gasteiger partial charge in [-0.3, -0.25) is 0 Å². The molecular weight excluding hydrogens is 286 g/mol. The molecule has 112 valence electrons. The van der Waals surface area contributed by atoms with Gasteiger partial charge in [-0.1, -0.05) is 12.1 Å². The zero-order valence-corrected chi connectivity index (χ0v) is 11.8. The fourth-order valence-corrected chi connectivity index (χ4v) is 2.91. The molecule has 1 aromatic carbocycles. The second-order valence-electron chi connectivity index (χ2n) is 4.13. The molecule has 1 rings (SSSR count). The summed E-state index contributed by atoms with van der Waals surface area (Å²) in [5.41, 5.74) is 0.649. The highest BCUT2D eigenvalue weighted by Crippen LogP contribution is 2.10. The molecule has 0 saturated carbocycles. The van der Waals surface area contributed by atoms with Crippen molar-refractivity contribution in [2.45, 2.75) is 11.8 Å². The minimum absolute atomic E-state index is 0.251. The molecule has 0 aliphatic rings. The van der Waals surface area contributed by atoms with E-state index in [4.69, 9.17) is 10.2 Å². The standard InChI is InChI=1S/C12H17NO6S/c1-19-12(16)10-4-2-3-9(5-10)8-20(17,18)13-11(6-14)7-15/h2-5,11,13-15H,6-8H2,1H3. The minimum atomic E-state index is -3.73. The lowest BCUT2D eigenvalue weighted by molar-refractivity contribution is 0.0600. The van der Waals surface area contributed by atoms with Crippen LogP contribution in [0.15, 0.2) is 24.3 Å². The van der Waals surface area contributed by atoms with Crippen molar-refractivity contribution in [3.63, 3.8) is 0 Å². The van der Waals surface area contributed by atoms with Crippen LogP contribution in [0.1, 0.15) is 15.9 Å². The molecule has 0 heterocycles. The number of methoxy groups -OCH3 is 1. The van der Waals surface area contributed by atoms with Crippen LogP contribution in [-0.4, -0.2) is 51.0 Å². The number of aliphatic hydroxyl groups excluding tert-OH is 2. The summed E-state index contributed by atoms with van der Waals surface area (Å²) in [7, 11) is -2.49. The molecule has 0 aliphatic heterocycles. The van der Waals surface area contributed by atoms with Crippen molar-refractivity contribution >= 4 is 16.0 Å². The van der Waals surface area contributed by atoms with Gasteiger partial charge in [0, 0.05) is 0 Å². The molecule has 0 bridgehead atoms. The first-order chi connectivity index (χ1) is 9.41. The van der Waals surface area contributed by atoms with Crippen LogP contribution in [0.5, 0.6) is 0 Å². The van der Waals surface area contributed by atoms with Crippen LogP contribution in [0, 0.1) is 0 Å². The summed E-state index contributed by atoms with van der Waals surface area (Å²) in [4.78, 5) is 11.3. The summed E-state index contributed by atoms with van der Waals surface area (Å²) in [6, 6.07) is 5.09. The number of carbonyl (C=O) groups excluding carboxylic acids is 1. The summed E-state index contributed by atoms with van der Waals surface area (Å²) in [5, 5.41) is 17.7. The number of rotatable bonds is 7. The third-order valence-corrected chi connectivity index (χ3v) is 3.90. The van der Waals surface area contributed by atoms with E-state index in [1.54, 1.807) is 12.1 Å². The lowest BCUT2D eigenvalue weighted by atomic mass is 10.1. The normalized spacial score (nSPS) is 11.6. The Balaban J connectivity index is 2.84. The molecule has 0 amide bonds. The number of hydrogen-bond donors (Lipinski definition) is 3. The van der Waals surface area contributed by atoms with Gasteiger partial charge in [-0.25, -0.2) is 17.9 Å². The van der Waals surface area contributed by atoms with Gasteiger partial charge in [0.1, 0.15) is 0 Å². The molecule has 7 nitrogen and oxygen atoms in total. The zero-order chi connectivity index (χ0) is 15.2. The molecule has 0 spiro atoms. The summed E-state index contributed by atoms with van der Waals surface area (Å²) in [5.74, 6) is -0.922. The van der Waals surface area contributed by atoms with Crippen molar-refractivity contribution < 1.29 is 28.2 Å². The van der Waals surface area contributed by atoms with Crippen LogP contribution in [0.2, 0.25) is 0 Å². The number of benzene rings is 1. The van der Waals surface area contributed by atoms with E-state index >= 15 is 0 Å². The lowest BCUT2D eigenvalue weighted by Crippen LogP contribution is -2.40. The van der Waals surface area contributed by atoms with E-state index in [2.05, 4.69) is 9.46 Å². The topological polar surface area (TPSA) is 113 Å². The van der Waals surface area contributed by atoms with Crippen LogP contribution < -0.4 is 4.72 Å². The molecule has 8 heteroatoms. The van der Waals surface area contributed by atoms with Gasteiger partial charge in [-0.2, -0.15) is 0 Å². The Morgan fingerprint density at radius 2 is 2.00 bits per heavy atom. The third kappa shape index (κ3) is 4.89. The quantitative estimate of drug-likeness (QED) is 0.571. The maximum absolute atomic E-state index is 11.8. The highest BCUT2D eigenvalue weighted by atomic mass is 32.2. The largest absolute Gasteiger partial charge is 0.465 e. The van der Waals surface area contributed by atoms with Crippen molar-refractivity contribution in [1.29, 1.82) is 0 Å². The molecule has 0 aliphatic carbocycles. The van der Waals surface area contributed by atoms with Crippen LogP contribution in [0.4, 0.5) is 0 Å². The first-order valence-electron chi connectivity index (χ1n) is 5.81. The third-order valence-electron chi connectivity index (χ3n) is 2.49. The molecular formula is C12H17NO6S. The Hall–Kier alpha value is -1.48. The fraction of sp³-hybridized carbons (Fsp3) is 0.417. The molecule has 0 fully saturated rings. The fourth-order valence-electron chi connectivity index (χ4n) is 1.55. The smallest absolute Gasteiger partial charge is 0.337 e. The Morgan fingerprint density at radius 3 is 2.55 bits per heavy atom. The molecule has 20 heavy (non-hydrogen) atoms. The summed E-state index contributed by atoms with van der Waals surface area (Å²) < 4.78 is 30.4. The van der Waals surface area contributed by atoms with Gasteiger partial charge in [0.2, 0.25) is 10.0 Å². The van der Waals surface area contributed by atoms with E-state index in [0.29, 0.717) is 5.56 Å².